The van der Waals surface area contributed by atoms with Gasteiger partial charge in [0, 0.05) is 42.7 Å². The van der Waals surface area contributed by atoms with Gasteiger partial charge < -0.3 is 25.6 Å². The second kappa shape index (κ2) is 10.2. The molecule has 0 aliphatic carbocycles. The number of nitrogens with zero attached hydrogens (tertiary/aromatic N) is 1. The Labute approximate surface area is 197 Å². The highest BCUT2D eigenvalue weighted by Crippen LogP contribution is 2.51. The van der Waals surface area contributed by atoms with Crippen LogP contribution >= 0.6 is 0 Å². The molecule has 4 atom stereocenters. The highest BCUT2D eigenvalue weighted by atomic mass is 19.4. The summed E-state index contributed by atoms with van der Waals surface area (Å²) in [6, 6.07) is 13.4. The average molecular weight is 477 g/mol. The SMILES string of the molecule is CN(C)CCNC(=O)NCC1COC2c3cc(C(F)(F)F)ccc3NC(c3ccccc3)C2C1. The number of fused-ring (bicyclic) bond motifs is 3. The molecule has 2 aliphatic rings. The molecule has 1 fully saturated rings. The molecule has 9 heteroatoms. The molecule has 4 unspecified atom stereocenters. The van der Waals surface area contributed by atoms with E-state index < -0.39 is 17.8 Å². The lowest BCUT2D eigenvalue weighted by molar-refractivity contribution is -0.137. The van der Waals surface area contributed by atoms with E-state index in [9.17, 15) is 18.0 Å². The van der Waals surface area contributed by atoms with Crippen LogP contribution in [-0.4, -0.2) is 51.3 Å². The fourth-order valence-electron chi connectivity index (χ4n) is 4.78. The number of anilines is 1. The van der Waals surface area contributed by atoms with Crippen molar-refractivity contribution in [2.45, 2.75) is 24.7 Å². The zero-order chi connectivity index (χ0) is 24.3. The summed E-state index contributed by atoms with van der Waals surface area (Å²) < 4.78 is 46.4. The third kappa shape index (κ3) is 5.64. The number of halogens is 3. The summed E-state index contributed by atoms with van der Waals surface area (Å²) in [5.74, 6) is -0.0167. The largest absolute Gasteiger partial charge is 0.416 e. The smallest absolute Gasteiger partial charge is 0.378 e. The predicted molar refractivity (Wildman–Crippen MR) is 124 cm³/mol. The Bertz CT molecular complexity index is 984. The number of amides is 2. The van der Waals surface area contributed by atoms with Crippen LogP contribution < -0.4 is 16.0 Å². The molecular weight excluding hydrogens is 445 g/mol. The zero-order valence-electron chi connectivity index (χ0n) is 19.4. The summed E-state index contributed by atoms with van der Waals surface area (Å²) in [5, 5.41) is 9.20. The van der Waals surface area contributed by atoms with Gasteiger partial charge in [0.05, 0.1) is 24.3 Å². The van der Waals surface area contributed by atoms with Crippen molar-refractivity contribution in [1.29, 1.82) is 0 Å². The minimum atomic E-state index is -4.41. The number of carbonyl (C=O) groups excluding carboxylic acids is 1. The van der Waals surface area contributed by atoms with Gasteiger partial charge in [0.15, 0.2) is 0 Å². The molecule has 2 heterocycles. The van der Waals surface area contributed by atoms with Gasteiger partial charge in [0.1, 0.15) is 0 Å². The Kier molecular flexibility index (Phi) is 7.33. The van der Waals surface area contributed by atoms with Crippen LogP contribution in [-0.2, 0) is 10.9 Å². The highest BCUT2D eigenvalue weighted by Gasteiger charge is 2.43. The molecule has 0 saturated carbocycles. The number of carbonyl (C=O) groups is 1. The Morgan fingerprint density at radius 3 is 2.62 bits per heavy atom. The Morgan fingerprint density at radius 1 is 1.15 bits per heavy atom. The van der Waals surface area contributed by atoms with Gasteiger partial charge in [-0.2, -0.15) is 13.2 Å². The van der Waals surface area contributed by atoms with Crippen LogP contribution in [0.25, 0.3) is 0 Å². The van der Waals surface area contributed by atoms with Crippen LogP contribution in [0.15, 0.2) is 48.5 Å². The van der Waals surface area contributed by atoms with Gasteiger partial charge in [0.2, 0.25) is 0 Å². The van der Waals surface area contributed by atoms with E-state index in [4.69, 9.17) is 4.74 Å². The van der Waals surface area contributed by atoms with Gasteiger partial charge in [-0.25, -0.2) is 4.79 Å². The van der Waals surface area contributed by atoms with Crippen LogP contribution in [0.5, 0.6) is 0 Å². The molecule has 3 N–H and O–H groups in total. The molecule has 0 bridgehead atoms. The number of hydrogen-bond donors (Lipinski definition) is 3. The van der Waals surface area contributed by atoms with E-state index in [1.165, 1.54) is 12.1 Å². The highest BCUT2D eigenvalue weighted by molar-refractivity contribution is 5.73. The first-order valence-electron chi connectivity index (χ1n) is 11.5. The lowest BCUT2D eigenvalue weighted by Crippen LogP contribution is -2.45. The number of hydrogen-bond acceptors (Lipinski definition) is 4. The summed E-state index contributed by atoms with van der Waals surface area (Å²) >= 11 is 0. The van der Waals surface area contributed by atoms with Crippen LogP contribution in [0.1, 0.15) is 35.3 Å². The number of benzene rings is 2. The van der Waals surface area contributed by atoms with Crippen molar-refractivity contribution in [3.05, 3.63) is 65.2 Å². The van der Waals surface area contributed by atoms with Gasteiger partial charge in [-0.15, -0.1) is 0 Å². The molecule has 0 spiro atoms. The Morgan fingerprint density at radius 2 is 1.91 bits per heavy atom. The summed E-state index contributed by atoms with van der Waals surface area (Å²) in [5.41, 5.74) is 1.59. The summed E-state index contributed by atoms with van der Waals surface area (Å²) in [7, 11) is 3.87. The first kappa shape index (κ1) is 24.3. The van der Waals surface area contributed by atoms with Crippen LogP contribution in [0.4, 0.5) is 23.7 Å². The van der Waals surface area contributed by atoms with Crippen molar-refractivity contribution in [3.8, 4) is 0 Å². The predicted octanol–water partition coefficient (Wildman–Crippen LogP) is 4.43. The maximum absolute atomic E-state index is 13.4. The number of ether oxygens (including phenoxy) is 1. The minimum absolute atomic E-state index is 0.0567. The fraction of sp³-hybridized carbons (Fsp3) is 0.480. The Hall–Kier alpha value is -2.78. The molecule has 2 aromatic rings. The second-order valence-corrected chi connectivity index (χ2v) is 9.29. The molecule has 1 saturated heterocycles. The van der Waals surface area contributed by atoms with Crippen LogP contribution in [0, 0.1) is 11.8 Å². The normalized spacial score (nSPS) is 24.1. The van der Waals surface area contributed by atoms with E-state index in [0.717, 1.165) is 18.2 Å². The number of likely N-dealkylation sites (N-methyl/N-ethyl adjacent to an activating group) is 1. The molecule has 0 aromatic heterocycles. The molecule has 184 valence electrons. The lowest BCUT2D eigenvalue weighted by Gasteiger charge is -2.45. The van der Waals surface area contributed by atoms with E-state index in [1.807, 2.05) is 49.3 Å². The molecule has 2 aromatic carbocycles. The third-order valence-corrected chi connectivity index (χ3v) is 6.48. The van der Waals surface area contributed by atoms with Crippen LogP contribution in [0.3, 0.4) is 0 Å². The monoisotopic (exact) mass is 476 g/mol. The van der Waals surface area contributed by atoms with Crippen molar-refractivity contribution in [2.75, 3.05) is 45.7 Å². The third-order valence-electron chi connectivity index (χ3n) is 6.48. The first-order valence-corrected chi connectivity index (χ1v) is 11.5. The van der Waals surface area contributed by atoms with Gasteiger partial charge in [0.25, 0.3) is 0 Å². The van der Waals surface area contributed by atoms with E-state index in [0.29, 0.717) is 37.4 Å². The maximum atomic E-state index is 13.4. The molecular formula is C25H31F3N4O2. The molecule has 2 amide bonds. The number of urea groups is 1. The summed E-state index contributed by atoms with van der Waals surface area (Å²) in [4.78, 5) is 14.1. The minimum Gasteiger partial charge on any atom is -0.378 e. The van der Waals surface area contributed by atoms with Gasteiger partial charge in [-0.05, 0) is 44.3 Å². The summed E-state index contributed by atoms with van der Waals surface area (Å²) in [6.07, 6.45) is -4.15. The fourth-order valence-corrected chi connectivity index (χ4v) is 4.78. The van der Waals surface area contributed by atoms with E-state index in [1.54, 1.807) is 0 Å². The molecule has 6 nitrogen and oxygen atoms in total. The van der Waals surface area contributed by atoms with Crippen molar-refractivity contribution in [1.82, 2.24) is 15.5 Å². The van der Waals surface area contributed by atoms with Crippen molar-refractivity contribution >= 4 is 11.7 Å². The van der Waals surface area contributed by atoms with Gasteiger partial charge in [-0.3, -0.25) is 0 Å². The quantitative estimate of drug-likeness (QED) is 0.577. The van der Waals surface area contributed by atoms with Crippen molar-refractivity contribution in [3.63, 3.8) is 0 Å². The van der Waals surface area contributed by atoms with Gasteiger partial charge in [-0.1, -0.05) is 30.3 Å². The van der Waals surface area contributed by atoms with Crippen LogP contribution in [0.2, 0.25) is 0 Å². The van der Waals surface area contributed by atoms with E-state index in [2.05, 4.69) is 16.0 Å². The molecule has 4 rings (SSSR count). The summed E-state index contributed by atoms with van der Waals surface area (Å²) in [6.45, 7) is 2.10. The lowest BCUT2D eigenvalue weighted by atomic mass is 9.74. The average Bonchev–Trinajstić information content (AvgIpc) is 2.81. The first-order chi connectivity index (χ1) is 16.2. The molecule has 2 aliphatic heterocycles. The topological polar surface area (TPSA) is 65.6 Å². The molecule has 0 radical (unpaired) electrons. The van der Waals surface area contributed by atoms with E-state index in [-0.39, 0.29) is 23.9 Å². The number of rotatable bonds is 6. The Balaban J connectivity index is 1.51. The molecule has 34 heavy (non-hydrogen) atoms. The standard InChI is InChI=1S/C25H31F3N4O2/c1-32(2)11-10-29-24(33)30-14-16-12-20-22(17-6-4-3-5-7-17)31-21-9-8-18(25(26,27)28)13-19(21)23(20)34-15-16/h3-9,13,16,20,22-23,31H,10-12,14-15H2,1-2H3,(H2,29,30,33). The second-order valence-electron chi connectivity index (χ2n) is 9.29. The van der Waals surface area contributed by atoms with Gasteiger partial charge >= 0.3 is 12.2 Å². The van der Waals surface area contributed by atoms with Crippen molar-refractivity contribution in [2.24, 2.45) is 11.8 Å². The zero-order valence-corrected chi connectivity index (χ0v) is 19.4. The van der Waals surface area contributed by atoms with E-state index >= 15 is 0 Å². The van der Waals surface area contributed by atoms with Crippen molar-refractivity contribution < 1.29 is 22.7 Å². The number of nitrogens with one attached hydrogen (secondary N) is 3. The maximum Gasteiger partial charge on any atom is 0.416 e. The number of alkyl halides is 3.